The minimum absolute atomic E-state index is 0.0531. The first kappa shape index (κ1) is 53.4. The second kappa shape index (κ2) is 37.9. The third kappa shape index (κ3) is 37.7. The van der Waals surface area contributed by atoms with Crippen LogP contribution in [0.2, 0.25) is 0 Å². The van der Waals surface area contributed by atoms with E-state index in [0.29, 0.717) is 19.3 Å². The summed E-state index contributed by atoms with van der Waals surface area (Å²) in [5.41, 5.74) is 5.31. The molecule has 1 unspecified atom stereocenters. The van der Waals surface area contributed by atoms with E-state index < -0.39 is 57.7 Å². The molecule has 0 radical (unpaired) electrons. The molecule has 0 rings (SSSR count). The number of phosphoric ester groups is 1. The predicted molar refractivity (Wildman–Crippen MR) is 227 cm³/mol. The summed E-state index contributed by atoms with van der Waals surface area (Å²) in [6, 6.07) is -1.55. The Morgan fingerprint density at radius 3 is 1.67 bits per heavy atom. The van der Waals surface area contributed by atoms with Gasteiger partial charge < -0.3 is 30.3 Å². The van der Waals surface area contributed by atoms with Gasteiger partial charge in [0.25, 0.3) is 0 Å². The predicted octanol–water partition coefficient (Wildman–Crippen LogP) is 9.47. The van der Waals surface area contributed by atoms with Crippen molar-refractivity contribution in [1.82, 2.24) is 0 Å². The average Bonchev–Trinajstić information content (AvgIpc) is 3.18. The lowest BCUT2D eigenvalue weighted by Crippen LogP contribution is -2.34. The number of aliphatic hydroxyl groups excluding tert-OH is 1. The first-order valence-electron chi connectivity index (χ1n) is 20.4. The van der Waals surface area contributed by atoms with Crippen LogP contribution in [0, 0.1) is 0 Å². The minimum atomic E-state index is -4.76. The molecule has 0 aromatic carbocycles. The van der Waals surface area contributed by atoms with Gasteiger partial charge in [0.1, 0.15) is 12.6 Å². The zero-order valence-corrected chi connectivity index (χ0v) is 35.1. The van der Waals surface area contributed by atoms with Gasteiger partial charge in [-0.05, 0) is 83.5 Å². The van der Waals surface area contributed by atoms with E-state index in [2.05, 4.69) is 91.3 Å². The summed E-state index contributed by atoms with van der Waals surface area (Å²) < 4.78 is 32.5. The van der Waals surface area contributed by atoms with Crippen LogP contribution in [0.25, 0.3) is 0 Å². The van der Waals surface area contributed by atoms with Crippen LogP contribution < -0.4 is 5.73 Å². The number of carboxylic acid groups (broad SMARTS) is 1. The number of carboxylic acids is 1. The molecule has 5 N–H and O–H groups in total. The van der Waals surface area contributed by atoms with Gasteiger partial charge in [-0.2, -0.15) is 0 Å². The lowest BCUT2D eigenvalue weighted by molar-refractivity contribution is -0.161. The van der Waals surface area contributed by atoms with Gasteiger partial charge in [0, 0.05) is 12.8 Å². The number of aliphatic hydroxyl groups is 1. The highest BCUT2D eigenvalue weighted by Crippen LogP contribution is 2.43. The second-order valence-electron chi connectivity index (χ2n) is 13.2. The normalized spacial score (nSPS) is 15.3. The van der Waals surface area contributed by atoms with Gasteiger partial charge in [-0.3, -0.25) is 23.4 Å². The molecule has 0 fully saturated rings. The van der Waals surface area contributed by atoms with Crippen molar-refractivity contribution in [3.8, 4) is 0 Å². The summed E-state index contributed by atoms with van der Waals surface area (Å²) in [6.07, 6.45) is 43.9. The number of phosphoric acid groups is 1. The Bertz CT molecular complexity index is 1350. The summed E-state index contributed by atoms with van der Waals surface area (Å²) in [4.78, 5) is 45.8. The molecular weight excluding hydrogens is 749 g/mol. The van der Waals surface area contributed by atoms with Crippen LogP contribution in [0.3, 0.4) is 0 Å². The number of carbonyl (C=O) groups excluding carboxylic acids is 2. The van der Waals surface area contributed by atoms with Crippen molar-refractivity contribution in [2.45, 2.75) is 141 Å². The quantitative estimate of drug-likeness (QED) is 0.0203. The van der Waals surface area contributed by atoms with Gasteiger partial charge >= 0.3 is 25.7 Å². The highest BCUT2D eigenvalue weighted by atomic mass is 31.2. The SMILES string of the molecule is CC/C=C\C/C=C\C/C=C\C/C=C\CCCCC(=O)OC[C@H](COP(=O)(O)OC[C@H](N)C(=O)O)OC(=O)CCC/C=C\C/C=C\C/C=C\C/C=C\[C@H](O)CCCC. The first-order valence-corrected chi connectivity index (χ1v) is 21.8. The van der Waals surface area contributed by atoms with E-state index in [1.165, 1.54) is 0 Å². The van der Waals surface area contributed by atoms with Gasteiger partial charge in [-0.25, -0.2) is 4.57 Å². The van der Waals surface area contributed by atoms with Gasteiger partial charge in [0.05, 0.1) is 19.3 Å². The highest BCUT2D eigenvalue weighted by molar-refractivity contribution is 7.47. The van der Waals surface area contributed by atoms with E-state index in [0.717, 1.165) is 77.0 Å². The third-order valence-electron chi connectivity index (χ3n) is 7.89. The van der Waals surface area contributed by atoms with E-state index in [9.17, 15) is 28.9 Å². The Balaban J connectivity index is 4.63. The maximum absolute atomic E-state index is 12.6. The van der Waals surface area contributed by atoms with Crippen LogP contribution in [0.5, 0.6) is 0 Å². The maximum atomic E-state index is 12.6. The van der Waals surface area contributed by atoms with Crippen LogP contribution in [0.4, 0.5) is 0 Å². The summed E-state index contributed by atoms with van der Waals surface area (Å²) >= 11 is 0. The minimum Gasteiger partial charge on any atom is -0.480 e. The Morgan fingerprint density at radius 1 is 0.632 bits per heavy atom. The molecule has 0 bridgehead atoms. The number of aliphatic carboxylic acids is 1. The Morgan fingerprint density at radius 2 is 1.12 bits per heavy atom. The summed E-state index contributed by atoms with van der Waals surface area (Å²) in [6.45, 7) is 2.39. The molecule has 0 saturated heterocycles. The molecular formula is C44H70NO11P. The van der Waals surface area contributed by atoms with E-state index in [-0.39, 0.29) is 18.9 Å². The van der Waals surface area contributed by atoms with Crippen LogP contribution in [-0.4, -0.2) is 71.1 Å². The van der Waals surface area contributed by atoms with E-state index in [4.69, 9.17) is 24.8 Å². The molecule has 4 atom stereocenters. The van der Waals surface area contributed by atoms with Crippen molar-refractivity contribution in [1.29, 1.82) is 0 Å². The lowest BCUT2D eigenvalue weighted by Gasteiger charge is -2.20. The summed E-state index contributed by atoms with van der Waals surface area (Å²) in [7, 11) is -4.76. The second-order valence-corrected chi connectivity index (χ2v) is 14.7. The van der Waals surface area contributed by atoms with Crippen LogP contribution in [0.1, 0.15) is 123 Å². The molecule has 0 aromatic rings. The lowest BCUT2D eigenvalue weighted by atomic mass is 10.1. The van der Waals surface area contributed by atoms with Crippen molar-refractivity contribution in [3.63, 3.8) is 0 Å². The largest absolute Gasteiger partial charge is 0.480 e. The van der Waals surface area contributed by atoms with Crippen molar-refractivity contribution >= 4 is 25.7 Å². The zero-order chi connectivity index (χ0) is 42.2. The number of rotatable bonds is 36. The molecule has 0 saturated carbocycles. The number of allylic oxidation sites excluding steroid dienone is 15. The van der Waals surface area contributed by atoms with E-state index >= 15 is 0 Å². The molecule has 0 spiro atoms. The Labute approximate surface area is 341 Å². The molecule has 0 aliphatic rings. The number of carbonyl (C=O) groups is 3. The summed E-state index contributed by atoms with van der Waals surface area (Å²) in [5.74, 6) is -2.55. The molecule has 0 aromatic heterocycles. The molecule has 12 nitrogen and oxygen atoms in total. The number of esters is 2. The topological polar surface area (TPSA) is 192 Å². The van der Waals surface area contributed by atoms with E-state index in [1.54, 1.807) is 0 Å². The van der Waals surface area contributed by atoms with Crippen LogP contribution in [0.15, 0.2) is 97.2 Å². The van der Waals surface area contributed by atoms with Crippen LogP contribution >= 0.6 is 7.82 Å². The Hall–Kier alpha value is -3.64. The maximum Gasteiger partial charge on any atom is 0.472 e. The standard InChI is InChI=1S/C44H70NO11P/c1-3-5-7-8-9-10-11-12-13-14-18-21-24-27-30-34-42(47)53-36-40(37-54-57(51,52)55-38-41(45)44(49)50)56-43(48)35-31-28-25-22-19-16-15-17-20-23-26-29-33-39(46)32-6-4-2/h5,7,9-10,12-13,15-16,18,20-23,25,29,33,39-41,46H,3-4,6,8,11,14,17,19,24,26-28,30-32,34-38,45H2,1-2H3,(H,49,50)(H,51,52)/b7-5-,10-9-,13-12-,16-15-,21-18-,23-20-,25-22-,33-29-/t39-,40-,41+/m1/s1. The van der Waals surface area contributed by atoms with Gasteiger partial charge in [-0.1, -0.05) is 124 Å². The van der Waals surface area contributed by atoms with Crippen molar-refractivity contribution in [2.75, 3.05) is 19.8 Å². The third-order valence-corrected chi connectivity index (χ3v) is 8.84. The molecule has 0 heterocycles. The van der Waals surface area contributed by atoms with Crippen molar-refractivity contribution < 1.29 is 52.6 Å². The number of hydrogen-bond donors (Lipinski definition) is 4. The fraction of sp³-hybridized carbons (Fsp3) is 0.568. The number of ether oxygens (including phenoxy) is 2. The van der Waals surface area contributed by atoms with Gasteiger partial charge in [0.15, 0.2) is 6.10 Å². The fourth-order valence-electron chi connectivity index (χ4n) is 4.65. The highest BCUT2D eigenvalue weighted by Gasteiger charge is 2.28. The van der Waals surface area contributed by atoms with Gasteiger partial charge in [0.2, 0.25) is 0 Å². The van der Waals surface area contributed by atoms with Crippen molar-refractivity contribution in [3.05, 3.63) is 97.2 Å². The Kier molecular flexibility index (Phi) is 35.5. The smallest absolute Gasteiger partial charge is 0.472 e. The molecule has 0 aliphatic carbocycles. The monoisotopic (exact) mass is 819 g/mol. The number of unbranched alkanes of at least 4 members (excludes halogenated alkanes) is 4. The molecule has 57 heavy (non-hydrogen) atoms. The van der Waals surface area contributed by atoms with Crippen LogP contribution in [-0.2, 0) is 37.5 Å². The molecule has 0 aliphatic heterocycles. The van der Waals surface area contributed by atoms with Crippen molar-refractivity contribution in [2.24, 2.45) is 5.73 Å². The first-order chi connectivity index (χ1) is 27.5. The average molecular weight is 820 g/mol. The van der Waals surface area contributed by atoms with Gasteiger partial charge in [-0.15, -0.1) is 0 Å². The number of hydrogen-bond acceptors (Lipinski definition) is 10. The zero-order valence-electron chi connectivity index (χ0n) is 34.2. The fourth-order valence-corrected chi connectivity index (χ4v) is 5.43. The molecule has 322 valence electrons. The number of nitrogens with two attached hydrogens (primary N) is 1. The summed E-state index contributed by atoms with van der Waals surface area (Å²) in [5, 5.41) is 18.7. The van der Waals surface area contributed by atoms with E-state index in [1.807, 2.05) is 24.3 Å². The molecule has 13 heteroatoms. The molecule has 0 amide bonds.